The summed E-state index contributed by atoms with van der Waals surface area (Å²) in [7, 11) is -3.72. The molecule has 3 aliphatic heterocycles. The molecule has 0 aliphatic carbocycles. The molecule has 5 aromatic rings. The lowest BCUT2D eigenvalue weighted by Crippen LogP contribution is -2.32. The van der Waals surface area contributed by atoms with Crippen LogP contribution in [0.15, 0.2) is 137 Å². The molecule has 0 aromatic heterocycles. The van der Waals surface area contributed by atoms with Gasteiger partial charge in [0.25, 0.3) is 0 Å². The summed E-state index contributed by atoms with van der Waals surface area (Å²) in [5, 5.41) is 0. The number of rotatable bonds is 4. The molecule has 3 aliphatic rings. The molecule has 0 bridgehead atoms. The zero-order chi connectivity index (χ0) is 30.6. The number of hydrogen-bond acceptors (Lipinski definition) is 8. The molecule has 0 atom stereocenters. The SMILES string of the molecule is C1=Cc2ccccc2ON1.O=S(=O)(c1ccc2c(c1)CN(c1ccccc1)CO2)c1ccc2c(c1)CN(c1ccccc1)CO2. The molecule has 0 spiro atoms. The Kier molecular flexibility index (Phi) is 7.75. The molecular weight excluding hydrogens is 586 g/mol. The van der Waals surface area contributed by atoms with Gasteiger partial charge in [0.2, 0.25) is 9.84 Å². The molecule has 3 heterocycles. The fourth-order valence-electron chi connectivity index (χ4n) is 5.45. The van der Waals surface area contributed by atoms with Crippen molar-refractivity contribution in [1.29, 1.82) is 0 Å². The highest BCUT2D eigenvalue weighted by molar-refractivity contribution is 7.91. The first-order valence-electron chi connectivity index (χ1n) is 14.6. The van der Waals surface area contributed by atoms with Gasteiger partial charge in [-0.1, -0.05) is 54.6 Å². The van der Waals surface area contributed by atoms with Crippen molar-refractivity contribution in [3.8, 4) is 17.2 Å². The zero-order valence-corrected chi connectivity index (χ0v) is 25.2. The summed E-state index contributed by atoms with van der Waals surface area (Å²) in [4.78, 5) is 9.75. The molecule has 226 valence electrons. The molecule has 0 saturated heterocycles. The Morgan fingerprint density at radius 2 is 1.09 bits per heavy atom. The number of benzene rings is 5. The van der Waals surface area contributed by atoms with Crippen molar-refractivity contribution in [2.45, 2.75) is 22.9 Å². The number of hydrogen-bond donors (Lipinski definition) is 1. The molecule has 0 saturated carbocycles. The molecule has 0 fully saturated rings. The minimum Gasteiger partial charge on any atom is -0.473 e. The summed E-state index contributed by atoms with van der Waals surface area (Å²) in [6.45, 7) is 2.00. The van der Waals surface area contributed by atoms with Crippen LogP contribution in [0.2, 0.25) is 0 Å². The molecular formula is C36H31N3O5S. The Balaban J connectivity index is 0.000000275. The second-order valence-electron chi connectivity index (χ2n) is 10.7. The van der Waals surface area contributed by atoms with Crippen molar-refractivity contribution in [3.63, 3.8) is 0 Å². The summed E-state index contributed by atoms with van der Waals surface area (Å²) in [6.07, 6.45) is 3.74. The van der Waals surface area contributed by atoms with Gasteiger partial charge in [-0.05, 0) is 72.8 Å². The molecule has 8 rings (SSSR count). The Morgan fingerprint density at radius 3 is 1.62 bits per heavy atom. The number of hydroxylamine groups is 1. The molecule has 9 heteroatoms. The van der Waals surface area contributed by atoms with Gasteiger partial charge in [0, 0.05) is 47.4 Å². The van der Waals surface area contributed by atoms with E-state index in [1.54, 1.807) is 42.6 Å². The standard InChI is InChI=1S/C28H24N2O4S.C8H7NO/c31-35(32,25-11-13-27-21(15-25)17-29(19-33-27)23-7-3-1-4-8-23)26-12-14-28-22(16-26)18-30(20-34-28)24-9-5-2-6-10-24;1-2-4-8-7(3-1)5-6-9-10-8/h1-16H,17-20H2;1-6,9H. The van der Waals surface area contributed by atoms with Gasteiger partial charge in [-0.3, -0.25) is 0 Å². The van der Waals surface area contributed by atoms with Crippen molar-refractivity contribution in [3.05, 3.63) is 144 Å². The van der Waals surface area contributed by atoms with Crippen LogP contribution in [0.25, 0.3) is 6.08 Å². The van der Waals surface area contributed by atoms with E-state index in [1.807, 2.05) is 91.0 Å². The fraction of sp³-hybridized carbons (Fsp3) is 0.111. The van der Waals surface area contributed by atoms with E-state index in [2.05, 4.69) is 15.3 Å². The summed E-state index contributed by atoms with van der Waals surface area (Å²) >= 11 is 0. The number of ether oxygens (including phenoxy) is 2. The van der Waals surface area contributed by atoms with Crippen LogP contribution in [-0.2, 0) is 22.9 Å². The third kappa shape index (κ3) is 6.03. The van der Waals surface area contributed by atoms with Gasteiger partial charge in [0.1, 0.15) is 11.5 Å². The monoisotopic (exact) mass is 617 g/mol. The van der Waals surface area contributed by atoms with Crippen LogP contribution in [0.5, 0.6) is 17.2 Å². The Hall–Kier alpha value is -5.41. The second-order valence-corrected chi connectivity index (χ2v) is 12.7. The van der Waals surface area contributed by atoms with E-state index >= 15 is 0 Å². The van der Waals surface area contributed by atoms with Gasteiger partial charge < -0.3 is 24.1 Å². The van der Waals surface area contributed by atoms with Gasteiger partial charge in [-0.25, -0.2) is 13.9 Å². The maximum Gasteiger partial charge on any atom is 0.206 e. The first kappa shape index (κ1) is 28.4. The van der Waals surface area contributed by atoms with Crippen LogP contribution >= 0.6 is 0 Å². The Labute approximate surface area is 262 Å². The number of sulfone groups is 1. The van der Waals surface area contributed by atoms with Gasteiger partial charge in [-0.15, -0.1) is 0 Å². The van der Waals surface area contributed by atoms with Crippen molar-refractivity contribution < 1.29 is 22.7 Å². The highest BCUT2D eigenvalue weighted by Gasteiger charge is 2.26. The third-order valence-electron chi connectivity index (χ3n) is 7.82. The van der Waals surface area contributed by atoms with E-state index < -0.39 is 9.84 Å². The van der Waals surface area contributed by atoms with Crippen molar-refractivity contribution in [2.24, 2.45) is 0 Å². The molecule has 0 unspecified atom stereocenters. The van der Waals surface area contributed by atoms with E-state index in [4.69, 9.17) is 14.3 Å². The number of fused-ring (bicyclic) bond motifs is 3. The van der Waals surface area contributed by atoms with Gasteiger partial charge >= 0.3 is 0 Å². The third-order valence-corrected chi connectivity index (χ3v) is 9.57. The number of nitrogens with one attached hydrogen (secondary N) is 1. The van der Waals surface area contributed by atoms with Crippen LogP contribution < -0.4 is 29.6 Å². The molecule has 45 heavy (non-hydrogen) atoms. The topological polar surface area (TPSA) is 80.3 Å². The largest absolute Gasteiger partial charge is 0.473 e. The first-order chi connectivity index (χ1) is 22.0. The number of anilines is 2. The summed E-state index contributed by atoms with van der Waals surface area (Å²) in [5.41, 5.74) is 7.53. The predicted molar refractivity (Wildman–Crippen MR) is 174 cm³/mol. The lowest BCUT2D eigenvalue weighted by atomic mass is 10.1. The minimum atomic E-state index is -3.72. The normalized spacial score (nSPS) is 14.6. The minimum absolute atomic E-state index is 0.256. The maximum absolute atomic E-state index is 13.6. The molecule has 0 radical (unpaired) electrons. The average Bonchev–Trinajstić information content (AvgIpc) is 3.11. The zero-order valence-electron chi connectivity index (χ0n) is 24.4. The van der Waals surface area contributed by atoms with Crippen molar-refractivity contribution in [2.75, 3.05) is 23.3 Å². The van der Waals surface area contributed by atoms with E-state index in [-0.39, 0.29) is 9.79 Å². The maximum atomic E-state index is 13.6. The molecule has 8 nitrogen and oxygen atoms in total. The van der Waals surface area contributed by atoms with Crippen molar-refractivity contribution >= 4 is 27.3 Å². The number of para-hydroxylation sites is 3. The predicted octanol–water partition coefficient (Wildman–Crippen LogP) is 6.79. The van der Waals surface area contributed by atoms with Crippen LogP contribution in [0.4, 0.5) is 11.4 Å². The van der Waals surface area contributed by atoms with Gasteiger partial charge in [-0.2, -0.15) is 0 Å². The molecule has 5 aromatic carbocycles. The van der Waals surface area contributed by atoms with Crippen molar-refractivity contribution in [1.82, 2.24) is 5.48 Å². The quantitative estimate of drug-likeness (QED) is 0.236. The smallest absolute Gasteiger partial charge is 0.206 e. The summed E-state index contributed by atoms with van der Waals surface area (Å²) in [6, 6.07) is 38.0. The summed E-state index contributed by atoms with van der Waals surface area (Å²) < 4.78 is 39.0. The lowest BCUT2D eigenvalue weighted by Gasteiger charge is -2.31. The Morgan fingerprint density at radius 1 is 0.578 bits per heavy atom. The van der Waals surface area contributed by atoms with Crippen LogP contribution in [0, 0.1) is 0 Å². The van der Waals surface area contributed by atoms with Gasteiger partial charge in [0.15, 0.2) is 19.2 Å². The highest BCUT2D eigenvalue weighted by Crippen LogP contribution is 2.35. The van der Waals surface area contributed by atoms with E-state index in [0.717, 1.165) is 33.8 Å². The highest BCUT2D eigenvalue weighted by atomic mass is 32.2. The fourth-order valence-corrected chi connectivity index (χ4v) is 6.81. The average molecular weight is 618 g/mol. The Bertz CT molecular complexity index is 1840. The van der Waals surface area contributed by atoms with Crippen LogP contribution in [0.3, 0.4) is 0 Å². The van der Waals surface area contributed by atoms with E-state index in [0.29, 0.717) is 38.1 Å². The summed E-state index contributed by atoms with van der Waals surface area (Å²) in [5.74, 6) is 2.31. The first-order valence-corrected chi connectivity index (χ1v) is 16.1. The van der Waals surface area contributed by atoms with E-state index in [9.17, 15) is 8.42 Å². The van der Waals surface area contributed by atoms with Crippen LogP contribution in [-0.4, -0.2) is 21.9 Å². The molecule has 1 N–H and O–H groups in total. The number of nitrogens with zero attached hydrogens (tertiary/aromatic N) is 2. The lowest BCUT2D eigenvalue weighted by molar-refractivity contribution is 0.239. The van der Waals surface area contributed by atoms with Crippen LogP contribution in [0.1, 0.15) is 16.7 Å². The van der Waals surface area contributed by atoms with E-state index in [1.165, 1.54) is 0 Å². The van der Waals surface area contributed by atoms with Gasteiger partial charge in [0.05, 0.1) is 9.79 Å². The molecule has 0 amide bonds. The second kappa shape index (κ2) is 12.3.